The van der Waals surface area contributed by atoms with E-state index in [9.17, 15) is 0 Å². The van der Waals surface area contributed by atoms with E-state index in [2.05, 4.69) is 29.1 Å². The Morgan fingerprint density at radius 3 is 2.45 bits per heavy atom. The summed E-state index contributed by atoms with van der Waals surface area (Å²) in [6, 6.07) is 7.57. The lowest BCUT2D eigenvalue weighted by Crippen LogP contribution is -2.05. The quantitative estimate of drug-likeness (QED) is 0.901. The van der Waals surface area contributed by atoms with E-state index in [0.29, 0.717) is 22.4 Å². The van der Waals surface area contributed by atoms with E-state index in [-0.39, 0.29) is 0 Å². The van der Waals surface area contributed by atoms with Crippen molar-refractivity contribution in [1.82, 2.24) is 9.97 Å². The number of anilines is 1. The van der Waals surface area contributed by atoms with Gasteiger partial charge in [0, 0.05) is 25.2 Å². The molecule has 0 amide bonds. The number of nitrogens with zero attached hydrogens (tertiary/aromatic N) is 2. The van der Waals surface area contributed by atoms with Crippen LogP contribution in [0.15, 0.2) is 24.3 Å². The lowest BCUT2D eigenvalue weighted by atomic mass is 10.1. The van der Waals surface area contributed by atoms with Crippen LogP contribution in [-0.4, -0.2) is 17.0 Å². The molecule has 3 nitrogen and oxygen atoms in total. The number of nitrogens with one attached hydrogen (secondary N) is 1. The zero-order chi connectivity index (χ0) is 14.7. The third-order valence-corrected chi connectivity index (χ3v) is 3.73. The minimum absolute atomic E-state index is 0.359. The average Bonchev–Trinajstić information content (AvgIpc) is 2.42. The van der Waals surface area contributed by atoms with Crippen LogP contribution in [0.1, 0.15) is 36.8 Å². The van der Waals surface area contributed by atoms with Gasteiger partial charge in [0.2, 0.25) is 0 Å². The van der Waals surface area contributed by atoms with Gasteiger partial charge in [-0.15, -0.1) is 0 Å². The zero-order valence-corrected chi connectivity index (χ0v) is 13.3. The molecule has 1 aromatic carbocycles. The molecule has 0 saturated carbocycles. The fraction of sp³-hybridized carbons (Fsp3) is 0.333. The second-order valence-corrected chi connectivity index (χ2v) is 5.74. The molecule has 20 heavy (non-hydrogen) atoms. The van der Waals surface area contributed by atoms with Gasteiger partial charge < -0.3 is 5.32 Å². The van der Waals surface area contributed by atoms with Gasteiger partial charge in [0.15, 0.2) is 0 Å². The summed E-state index contributed by atoms with van der Waals surface area (Å²) in [7, 11) is 1.86. The van der Waals surface area contributed by atoms with Gasteiger partial charge >= 0.3 is 0 Å². The number of aromatic nitrogens is 2. The molecule has 0 unspecified atom stereocenters. The summed E-state index contributed by atoms with van der Waals surface area (Å²) in [6.07, 6.45) is 0.631. The summed E-state index contributed by atoms with van der Waals surface area (Å²) in [4.78, 5) is 9.08. The molecular weight excluding hydrogens is 293 g/mol. The summed E-state index contributed by atoms with van der Waals surface area (Å²) in [5.74, 6) is 1.97. The van der Waals surface area contributed by atoms with Gasteiger partial charge in [-0.25, -0.2) is 9.97 Å². The van der Waals surface area contributed by atoms with Gasteiger partial charge in [-0.3, -0.25) is 0 Å². The summed E-state index contributed by atoms with van der Waals surface area (Å²) < 4.78 is 0. The summed E-state index contributed by atoms with van der Waals surface area (Å²) in [5, 5.41) is 4.18. The molecule has 1 heterocycles. The van der Waals surface area contributed by atoms with E-state index >= 15 is 0 Å². The highest BCUT2D eigenvalue weighted by atomic mass is 35.5. The third kappa shape index (κ3) is 3.62. The number of hydrogen-bond acceptors (Lipinski definition) is 3. The second kappa shape index (κ2) is 6.42. The Hall–Kier alpha value is -1.32. The first-order valence-corrected chi connectivity index (χ1v) is 7.24. The smallest absolute Gasteiger partial charge is 0.135 e. The second-order valence-electron chi connectivity index (χ2n) is 4.92. The van der Waals surface area contributed by atoms with Crippen molar-refractivity contribution >= 4 is 29.0 Å². The van der Waals surface area contributed by atoms with E-state index in [1.54, 1.807) is 6.07 Å². The fourth-order valence-electron chi connectivity index (χ4n) is 1.85. The number of hydrogen-bond donors (Lipinski definition) is 1. The lowest BCUT2D eigenvalue weighted by Gasteiger charge is -2.10. The number of benzene rings is 1. The monoisotopic (exact) mass is 309 g/mol. The minimum Gasteiger partial charge on any atom is -0.373 e. The van der Waals surface area contributed by atoms with Crippen LogP contribution in [0.3, 0.4) is 0 Å². The third-order valence-electron chi connectivity index (χ3n) is 2.99. The van der Waals surface area contributed by atoms with Gasteiger partial charge in [-0.2, -0.15) is 0 Å². The maximum atomic E-state index is 6.04. The van der Waals surface area contributed by atoms with Crippen LogP contribution in [0, 0.1) is 0 Å². The fourth-order valence-corrected chi connectivity index (χ4v) is 2.17. The molecule has 1 aromatic heterocycles. The van der Waals surface area contributed by atoms with Gasteiger partial charge in [0.25, 0.3) is 0 Å². The molecule has 2 rings (SSSR count). The number of halogens is 2. The first-order chi connectivity index (χ1) is 9.49. The van der Waals surface area contributed by atoms with Crippen molar-refractivity contribution in [2.75, 3.05) is 12.4 Å². The van der Waals surface area contributed by atoms with Crippen LogP contribution in [-0.2, 0) is 6.42 Å². The highest BCUT2D eigenvalue weighted by molar-refractivity contribution is 6.42. The minimum atomic E-state index is 0.359. The molecule has 106 valence electrons. The molecular formula is C15H17Cl2N3. The van der Waals surface area contributed by atoms with E-state index in [4.69, 9.17) is 23.2 Å². The Morgan fingerprint density at radius 2 is 1.85 bits per heavy atom. The van der Waals surface area contributed by atoms with Crippen molar-refractivity contribution in [3.05, 3.63) is 51.4 Å². The van der Waals surface area contributed by atoms with Gasteiger partial charge in [0.1, 0.15) is 11.6 Å². The molecule has 0 aliphatic rings. The predicted molar refractivity (Wildman–Crippen MR) is 84.9 cm³/mol. The highest BCUT2D eigenvalue weighted by Gasteiger charge is 2.09. The molecule has 2 aromatic rings. The zero-order valence-electron chi connectivity index (χ0n) is 11.7. The first kappa shape index (κ1) is 15.1. The number of rotatable bonds is 4. The molecule has 0 saturated heterocycles. The van der Waals surface area contributed by atoms with Crippen LogP contribution in [0.2, 0.25) is 10.0 Å². The van der Waals surface area contributed by atoms with Crippen LogP contribution in [0.5, 0.6) is 0 Å². The van der Waals surface area contributed by atoms with Crippen molar-refractivity contribution in [1.29, 1.82) is 0 Å². The Morgan fingerprint density at radius 1 is 1.10 bits per heavy atom. The molecule has 0 aliphatic heterocycles. The van der Waals surface area contributed by atoms with Crippen molar-refractivity contribution in [3.63, 3.8) is 0 Å². The summed E-state index contributed by atoms with van der Waals surface area (Å²) in [6.45, 7) is 4.23. The molecule has 0 radical (unpaired) electrons. The van der Waals surface area contributed by atoms with Crippen molar-refractivity contribution in [2.24, 2.45) is 0 Å². The van der Waals surface area contributed by atoms with E-state index in [1.165, 1.54) is 0 Å². The van der Waals surface area contributed by atoms with E-state index in [0.717, 1.165) is 22.9 Å². The SMILES string of the molecule is CNc1cc(C(C)C)nc(Cc2ccc(Cl)c(Cl)c2)n1. The van der Waals surface area contributed by atoms with Crippen molar-refractivity contribution in [3.8, 4) is 0 Å². The van der Waals surface area contributed by atoms with E-state index < -0.39 is 0 Å². The van der Waals surface area contributed by atoms with Gasteiger partial charge in [-0.05, 0) is 23.6 Å². The lowest BCUT2D eigenvalue weighted by molar-refractivity contribution is 0.793. The normalized spacial score (nSPS) is 10.9. The standard InChI is InChI=1S/C15H17Cl2N3/c1-9(2)13-8-14(18-3)20-15(19-13)7-10-4-5-11(16)12(17)6-10/h4-6,8-9H,7H2,1-3H3,(H,18,19,20). The van der Waals surface area contributed by atoms with Crippen molar-refractivity contribution < 1.29 is 0 Å². The Kier molecular flexibility index (Phi) is 4.84. The van der Waals surface area contributed by atoms with Crippen LogP contribution >= 0.6 is 23.2 Å². The highest BCUT2D eigenvalue weighted by Crippen LogP contribution is 2.24. The molecule has 0 fully saturated rings. The van der Waals surface area contributed by atoms with E-state index in [1.807, 2.05) is 25.2 Å². The van der Waals surface area contributed by atoms with Gasteiger partial charge in [-0.1, -0.05) is 43.1 Å². The molecule has 1 N–H and O–H groups in total. The molecule has 5 heteroatoms. The van der Waals surface area contributed by atoms with Crippen LogP contribution in [0.25, 0.3) is 0 Å². The molecule has 0 aliphatic carbocycles. The molecule has 0 spiro atoms. The summed E-state index contributed by atoms with van der Waals surface area (Å²) in [5.41, 5.74) is 2.07. The van der Waals surface area contributed by atoms with Crippen molar-refractivity contribution in [2.45, 2.75) is 26.2 Å². The topological polar surface area (TPSA) is 37.8 Å². The maximum Gasteiger partial charge on any atom is 0.135 e. The Bertz CT molecular complexity index is 612. The summed E-state index contributed by atoms with van der Waals surface area (Å²) >= 11 is 12.0. The Balaban J connectivity index is 2.32. The Labute approximate surface area is 129 Å². The van der Waals surface area contributed by atoms with Crippen LogP contribution < -0.4 is 5.32 Å². The largest absolute Gasteiger partial charge is 0.373 e. The van der Waals surface area contributed by atoms with Crippen LogP contribution in [0.4, 0.5) is 5.82 Å². The molecule has 0 atom stereocenters. The first-order valence-electron chi connectivity index (χ1n) is 6.49. The molecule has 0 bridgehead atoms. The van der Waals surface area contributed by atoms with Gasteiger partial charge in [0.05, 0.1) is 10.0 Å². The predicted octanol–water partition coefficient (Wildman–Crippen LogP) is 4.54. The maximum absolute atomic E-state index is 6.04. The average molecular weight is 310 g/mol.